The van der Waals surface area contributed by atoms with E-state index in [1.807, 2.05) is 6.92 Å². The fraction of sp³-hybridized carbons (Fsp3) is 0.762. The van der Waals surface area contributed by atoms with Crippen molar-refractivity contribution in [2.75, 3.05) is 33.1 Å². The Morgan fingerprint density at radius 2 is 1.71 bits per heavy atom. The molecule has 2 aliphatic carbocycles. The van der Waals surface area contributed by atoms with Gasteiger partial charge in [0.1, 0.15) is 6.16 Å². The van der Waals surface area contributed by atoms with Crippen LogP contribution in [0.2, 0.25) is 19.6 Å². The topological polar surface area (TPSA) is 105 Å². The highest BCUT2D eigenvalue weighted by molar-refractivity contribution is 7.54. The lowest BCUT2D eigenvalue weighted by Crippen LogP contribution is -2.33. The molecule has 1 fully saturated rings. The Morgan fingerprint density at radius 1 is 1.13 bits per heavy atom. The molecule has 2 aliphatic rings. The van der Waals surface area contributed by atoms with Gasteiger partial charge in [0, 0.05) is 11.8 Å². The molecule has 0 amide bonds. The third-order valence-electron chi connectivity index (χ3n) is 6.00. The van der Waals surface area contributed by atoms with E-state index in [4.69, 9.17) is 18.5 Å². The Hall–Kier alpha value is -1.28. The number of esters is 2. The Labute approximate surface area is 185 Å². The number of fused-ring (bicyclic) bond motifs is 1. The van der Waals surface area contributed by atoms with Crippen LogP contribution >= 0.6 is 7.60 Å². The Kier molecular flexibility index (Phi) is 8.47. The summed E-state index contributed by atoms with van der Waals surface area (Å²) in [5.41, 5.74) is 0.956. The van der Waals surface area contributed by atoms with E-state index in [-0.39, 0.29) is 43.4 Å². The molecule has 31 heavy (non-hydrogen) atoms. The van der Waals surface area contributed by atoms with Crippen LogP contribution in [-0.2, 0) is 37.5 Å². The molecule has 0 bridgehead atoms. The average Bonchev–Trinajstić information content (AvgIpc) is 3.14. The molecule has 1 saturated carbocycles. The van der Waals surface area contributed by atoms with Crippen LogP contribution in [0.4, 0.5) is 0 Å². The highest BCUT2D eigenvalue weighted by Crippen LogP contribution is 2.53. The van der Waals surface area contributed by atoms with Crippen LogP contribution in [-0.4, -0.2) is 58.9 Å². The summed E-state index contributed by atoms with van der Waals surface area (Å²) in [6.07, 6.45) is 0.00444. The molecule has 0 heterocycles. The number of rotatable bonds is 10. The zero-order valence-electron chi connectivity index (χ0n) is 19.6. The largest absolute Gasteiger partial charge is 0.469 e. The minimum Gasteiger partial charge on any atom is -0.469 e. The number of ketones is 1. The third kappa shape index (κ3) is 5.56. The molecule has 2 rings (SSSR count). The van der Waals surface area contributed by atoms with Crippen LogP contribution in [0.5, 0.6) is 0 Å². The molecule has 0 aromatic carbocycles. The Morgan fingerprint density at radius 3 is 2.19 bits per heavy atom. The van der Waals surface area contributed by atoms with Gasteiger partial charge < -0.3 is 18.5 Å². The summed E-state index contributed by atoms with van der Waals surface area (Å²) in [5.74, 6) is -2.07. The number of methoxy groups -OCH3 is 1. The minimum absolute atomic E-state index is 0.0417. The van der Waals surface area contributed by atoms with Gasteiger partial charge in [0.25, 0.3) is 0 Å². The lowest BCUT2D eigenvalue weighted by Gasteiger charge is -2.25. The molecule has 0 aliphatic heterocycles. The molecule has 4 atom stereocenters. The Bertz CT molecular complexity index is 790. The molecule has 0 aromatic rings. The summed E-state index contributed by atoms with van der Waals surface area (Å²) in [7, 11) is -4.24. The maximum absolute atomic E-state index is 13.0. The first kappa shape index (κ1) is 26.0. The van der Waals surface area contributed by atoms with E-state index >= 15 is 0 Å². The first-order valence-corrected chi connectivity index (χ1v) is 16.0. The SMILES string of the molecule is CCOP(=O)(CC(=O)OC[C@@H]1C2=C([Si](C)(C)C)C(=O)[C@@H](C)[C@H]2C[C@H]1C(=O)OC)OCC. The van der Waals surface area contributed by atoms with Gasteiger partial charge in [-0.25, -0.2) is 0 Å². The normalized spacial score (nSPS) is 26.2. The van der Waals surface area contributed by atoms with E-state index in [2.05, 4.69) is 19.6 Å². The molecule has 0 unspecified atom stereocenters. The molecule has 0 saturated heterocycles. The number of carbonyl (C=O) groups excluding carboxylic acids is 3. The average molecular weight is 475 g/mol. The summed E-state index contributed by atoms with van der Waals surface area (Å²) in [6.45, 7) is 11.8. The van der Waals surface area contributed by atoms with Gasteiger partial charge in [0.15, 0.2) is 5.78 Å². The molecular formula is C21H35O8PSi. The highest BCUT2D eigenvalue weighted by Gasteiger charge is 2.54. The highest BCUT2D eigenvalue weighted by atomic mass is 31.2. The maximum atomic E-state index is 13.0. The van der Waals surface area contributed by atoms with E-state index < -0.39 is 39.6 Å². The quantitative estimate of drug-likeness (QED) is 0.269. The number of Topliss-reactive ketones (excluding diaryl/α,β-unsaturated/α-hetero) is 1. The lowest BCUT2D eigenvalue weighted by molar-refractivity contribution is -0.150. The van der Waals surface area contributed by atoms with Crippen molar-refractivity contribution in [1.82, 2.24) is 0 Å². The first-order chi connectivity index (χ1) is 14.4. The molecule has 0 radical (unpaired) electrons. The zero-order valence-corrected chi connectivity index (χ0v) is 21.5. The predicted octanol–water partition coefficient (Wildman–Crippen LogP) is 3.61. The van der Waals surface area contributed by atoms with Gasteiger partial charge in [0.2, 0.25) is 0 Å². The second kappa shape index (κ2) is 10.1. The van der Waals surface area contributed by atoms with Gasteiger partial charge in [-0.1, -0.05) is 32.1 Å². The summed E-state index contributed by atoms with van der Waals surface area (Å²) < 4.78 is 33.4. The molecule has 0 N–H and O–H groups in total. The molecule has 8 nitrogen and oxygen atoms in total. The van der Waals surface area contributed by atoms with Gasteiger partial charge in [-0.15, -0.1) is 0 Å². The van der Waals surface area contributed by atoms with Gasteiger partial charge in [0.05, 0.1) is 40.9 Å². The minimum atomic E-state index is -3.58. The van der Waals surface area contributed by atoms with Crippen molar-refractivity contribution in [3.8, 4) is 0 Å². The standard InChI is InChI=1S/C21H35O8PSi/c1-8-28-30(25,29-9-2)12-17(22)27-11-16-15(21(24)26-4)10-14-13(3)19(23)20(18(14)16)31(5,6)7/h13-16H,8-12H2,1-7H3/t13-,14+,15+,16-/m0/s1. The number of allylic oxidation sites excluding steroid dienone is 1. The van der Waals surface area contributed by atoms with E-state index in [1.165, 1.54) is 7.11 Å². The van der Waals surface area contributed by atoms with Gasteiger partial charge in [-0.3, -0.25) is 18.9 Å². The summed E-state index contributed by atoms with van der Waals surface area (Å²) in [5, 5.41) is 0.853. The first-order valence-electron chi connectivity index (χ1n) is 10.8. The van der Waals surface area contributed by atoms with Crippen LogP contribution in [0.1, 0.15) is 27.2 Å². The molecular weight excluding hydrogens is 439 g/mol. The van der Waals surface area contributed by atoms with Gasteiger partial charge >= 0.3 is 19.5 Å². The fourth-order valence-corrected chi connectivity index (χ4v) is 8.44. The Balaban J connectivity index is 2.29. The summed E-state index contributed by atoms with van der Waals surface area (Å²) >= 11 is 0. The predicted molar refractivity (Wildman–Crippen MR) is 118 cm³/mol. The van der Waals surface area contributed by atoms with Crippen LogP contribution in [0.25, 0.3) is 0 Å². The van der Waals surface area contributed by atoms with Crippen LogP contribution in [0.3, 0.4) is 0 Å². The van der Waals surface area contributed by atoms with Crippen molar-refractivity contribution >= 4 is 33.4 Å². The fourth-order valence-electron chi connectivity index (χ4n) is 4.78. The van der Waals surface area contributed by atoms with Gasteiger partial charge in [-0.05, 0) is 31.4 Å². The van der Waals surface area contributed by atoms with Crippen LogP contribution < -0.4 is 0 Å². The summed E-state index contributed by atoms with van der Waals surface area (Å²) in [6, 6.07) is 0. The number of hydrogen-bond donors (Lipinski definition) is 0. The zero-order chi connectivity index (χ0) is 23.6. The summed E-state index contributed by atoms with van der Waals surface area (Å²) in [4.78, 5) is 38.0. The smallest absolute Gasteiger partial charge is 0.341 e. The van der Waals surface area contributed by atoms with E-state index in [9.17, 15) is 18.9 Å². The molecule has 0 aromatic heterocycles. The van der Waals surface area contributed by atoms with Crippen molar-refractivity contribution in [2.45, 2.75) is 46.8 Å². The molecule has 10 heteroatoms. The van der Waals surface area contributed by atoms with Gasteiger partial charge in [-0.2, -0.15) is 0 Å². The van der Waals surface area contributed by atoms with Crippen molar-refractivity contribution in [2.24, 2.45) is 23.7 Å². The molecule has 0 spiro atoms. The number of ether oxygens (including phenoxy) is 2. The third-order valence-corrected chi connectivity index (χ3v) is 9.98. The van der Waals surface area contributed by atoms with Crippen molar-refractivity contribution < 1.29 is 37.5 Å². The van der Waals surface area contributed by atoms with E-state index in [1.54, 1.807) is 13.8 Å². The number of carbonyl (C=O) groups is 3. The van der Waals surface area contributed by atoms with E-state index in [0.29, 0.717) is 6.42 Å². The van der Waals surface area contributed by atoms with Crippen LogP contribution in [0, 0.1) is 23.7 Å². The monoisotopic (exact) mass is 474 g/mol. The van der Waals surface area contributed by atoms with Crippen LogP contribution in [0.15, 0.2) is 10.8 Å². The number of hydrogen-bond acceptors (Lipinski definition) is 8. The van der Waals surface area contributed by atoms with Crippen molar-refractivity contribution in [3.05, 3.63) is 10.8 Å². The maximum Gasteiger partial charge on any atom is 0.341 e. The van der Waals surface area contributed by atoms with E-state index in [0.717, 1.165) is 10.8 Å². The van der Waals surface area contributed by atoms with Crippen molar-refractivity contribution in [3.63, 3.8) is 0 Å². The second-order valence-electron chi connectivity index (χ2n) is 9.10. The van der Waals surface area contributed by atoms with Crippen molar-refractivity contribution in [1.29, 1.82) is 0 Å². The lowest BCUT2D eigenvalue weighted by atomic mass is 9.92. The second-order valence-corrected chi connectivity index (χ2v) is 16.2. The molecule has 176 valence electrons.